The smallest absolute Gasteiger partial charge is 0.306 e. The monoisotopic (exact) mass is 319 g/mol. The van der Waals surface area contributed by atoms with Crippen molar-refractivity contribution < 1.29 is 14.7 Å². The van der Waals surface area contributed by atoms with Gasteiger partial charge in [-0.05, 0) is 46.0 Å². The van der Waals surface area contributed by atoms with Crippen LogP contribution < -0.4 is 0 Å². The fraction of sp³-hybridized carbons (Fsp3) is 0.706. The highest BCUT2D eigenvalue weighted by molar-refractivity contribution is 5.80. The zero-order valence-corrected chi connectivity index (χ0v) is 14.2. The number of amides is 1. The maximum atomic E-state index is 12.5. The third-order valence-electron chi connectivity index (χ3n) is 5.32. The van der Waals surface area contributed by atoms with Crippen LogP contribution in [0.3, 0.4) is 0 Å². The molecule has 2 fully saturated rings. The summed E-state index contributed by atoms with van der Waals surface area (Å²) in [5.41, 5.74) is 3.02. The van der Waals surface area contributed by atoms with Gasteiger partial charge < -0.3 is 10.0 Å². The first-order valence-corrected chi connectivity index (χ1v) is 8.34. The highest BCUT2D eigenvalue weighted by Crippen LogP contribution is 2.47. The Hall–Kier alpha value is -1.85. The van der Waals surface area contributed by atoms with Crippen LogP contribution >= 0.6 is 0 Å². The first-order valence-electron chi connectivity index (χ1n) is 8.34. The van der Waals surface area contributed by atoms with E-state index in [1.54, 1.807) is 0 Å². The number of aliphatic carboxylic acids is 1. The molecule has 1 aliphatic carbocycles. The molecule has 126 valence electrons. The van der Waals surface area contributed by atoms with Gasteiger partial charge in [-0.2, -0.15) is 5.10 Å². The van der Waals surface area contributed by atoms with Crippen LogP contribution in [0.5, 0.6) is 0 Å². The lowest BCUT2D eigenvalue weighted by Crippen LogP contribution is -2.51. The third kappa shape index (κ3) is 2.86. The van der Waals surface area contributed by atoms with Gasteiger partial charge in [0.05, 0.1) is 18.0 Å². The van der Waals surface area contributed by atoms with E-state index in [9.17, 15) is 9.59 Å². The van der Waals surface area contributed by atoms with Crippen LogP contribution in [0.15, 0.2) is 0 Å². The molecule has 1 aromatic heterocycles. The van der Waals surface area contributed by atoms with Crippen LogP contribution in [-0.2, 0) is 16.0 Å². The van der Waals surface area contributed by atoms with E-state index in [4.69, 9.17) is 5.11 Å². The Morgan fingerprint density at radius 2 is 1.96 bits per heavy atom. The van der Waals surface area contributed by atoms with Crippen LogP contribution in [0.25, 0.3) is 0 Å². The number of carbonyl (C=O) groups excluding carboxylic acids is 1. The maximum absolute atomic E-state index is 12.5. The van der Waals surface area contributed by atoms with Crippen molar-refractivity contribution in [2.24, 2.45) is 17.8 Å². The summed E-state index contributed by atoms with van der Waals surface area (Å²) in [4.78, 5) is 25.2. The summed E-state index contributed by atoms with van der Waals surface area (Å²) in [6.45, 7) is 9.56. The molecule has 2 heterocycles. The quantitative estimate of drug-likeness (QED) is 0.898. The predicted molar refractivity (Wildman–Crippen MR) is 85.1 cm³/mol. The minimum Gasteiger partial charge on any atom is -0.481 e. The Morgan fingerprint density at radius 1 is 1.30 bits per heavy atom. The Labute approximate surface area is 136 Å². The molecule has 1 saturated heterocycles. The Bertz CT molecular complexity index is 644. The van der Waals surface area contributed by atoms with Crippen molar-refractivity contribution in [3.8, 4) is 0 Å². The van der Waals surface area contributed by atoms with Gasteiger partial charge in [-0.25, -0.2) is 0 Å². The van der Waals surface area contributed by atoms with Crippen LogP contribution in [0.1, 0.15) is 43.3 Å². The average Bonchev–Trinajstić information content (AvgIpc) is 3.14. The number of aromatic nitrogens is 2. The molecule has 1 N–H and O–H groups in total. The van der Waals surface area contributed by atoms with E-state index < -0.39 is 5.97 Å². The lowest BCUT2D eigenvalue weighted by atomic mass is 9.92. The Balaban J connectivity index is 1.56. The van der Waals surface area contributed by atoms with E-state index in [0.29, 0.717) is 25.4 Å². The molecular weight excluding hydrogens is 294 g/mol. The maximum Gasteiger partial charge on any atom is 0.306 e. The number of carbonyl (C=O) groups is 2. The van der Waals surface area contributed by atoms with Crippen molar-refractivity contribution in [2.75, 3.05) is 13.1 Å². The third-order valence-corrected chi connectivity index (χ3v) is 5.32. The summed E-state index contributed by atoms with van der Waals surface area (Å²) in [6.07, 6.45) is 1.17. The molecular formula is C17H25N3O3. The first kappa shape index (κ1) is 16.0. The second-order valence-corrected chi connectivity index (χ2v) is 7.27. The lowest BCUT2D eigenvalue weighted by Gasteiger charge is -2.40. The number of rotatable bonds is 5. The molecule has 1 aromatic rings. The molecule has 3 rings (SSSR count). The summed E-state index contributed by atoms with van der Waals surface area (Å²) in [7, 11) is 0. The van der Waals surface area contributed by atoms with Crippen molar-refractivity contribution in [2.45, 2.75) is 46.6 Å². The molecule has 23 heavy (non-hydrogen) atoms. The number of carboxylic acid groups (broad SMARTS) is 1. The average molecular weight is 319 g/mol. The molecule has 0 aromatic carbocycles. The zero-order valence-electron chi connectivity index (χ0n) is 14.2. The largest absolute Gasteiger partial charge is 0.481 e. The van der Waals surface area contributed by atoms with Crippen molar-refractivity contribution in [3.05, 3.63) is 17.0 Å². The van der Waals surface area contributed by atoms with Crippen molar-refractivity contribution in [3.63, 3.8) is 0 Å². The summed E-state index contributed by atoms with van der Waals surface area (Å²) in [5, 5.41) is 13.5. The van der Waals surface area contributed by atoms with Gasteiger partial charge in [0.2, 0.25) is 5.91 Å². The highest BCUT2D eigenvalue weighted by atomic mass is 16.4. The van der Waals surface area contributed by atoms with E-state index in [1.165, 1.54) is 0 Å². The molecule has 1 aliphatic heterocycles. The first-order chi connectivity index (χ1) is 10.8. The molecule has 2 atom stereocenters. The normalized spacial score (nSPS) is 24.0. The van der Waals surface area contributed by atoms with E-state index in [-0.39, 0.29) is 23.8 Å². The number of hydrogen-bond acceptors (Lipinski definition) is 3. The predicted octanol–water partition coefficient (Wildman–Crippen LogP) is 1.80. The van der Waals surface area contributed by atoms with E-state index in [1.807, 2.05) is 23.4 Å². The van der Waals surface area contributed by atoms with Crippen LogP contribution in [0.4, 0.5) is 0 Å². The van der Waals surface area contributed by atoms with E-state index >= 15 is 0 Å². The molecule has 1 amide bonds. The molecule has 0 unspecified atom stereocenters. The summed E-state index contributed by atoms with van der Waals surface area (Å²) >= 11 is 0. The second-order valence-electron chi connectivity index (χ2n) is 7.27. The fourth-order valence-electron chi connectivity index (χ4n) is 3.73. The fourth-order valence-corrected chi connectivity index (χ4v) is 3.73. The van der Waals surface area contributed by atoms with Gasteiger partial charge >= 0.3 is 5.97 Å². The van der Waals surface area contributed by atoms with Gasteiger partial charge in [0.25, 0.3) is 0 Å². The highest BCUT2D eigenvalue weighted by Gasteiger charge is 2.51. The summed E-state index contributed by atoms with van der Waals surface area (Å²) < 4.78 is 1.97. The van der Waals surface area contributed by atoms with Gasteiger partial charge in [0, 0.05) is 30.4 Å². The molecule has 6 heteroatoms. The number of aryl methyl sites for hydroxylation is 1. The van der Waals surface area contributed by atoms with Gasteiger partial charge in [-0.3, -0.25) is 14.3 Å². The van der Waals surface area contributed by atoms with Crippen LogP contribution in [0, 0.1) is 31.6 Å². The minimum absolute atomic E-state index is 0.128. The number of nitrogens with zero attached hydrogens (tertiary/aromatic N) is 3. The number of hydrogen-bond donors (Lipinski definition) is 1. The Kier molecular flexibility index (Phi) is 3.94. The van der Waals surface area contributed by atoms with E-state index in [0.717, 1.165) is 23.4 Å². The topological polar surface area (TPSA) is 75.4 Å². The molecule has 0 radical (unpaired) electrons. The van der Waals surface area contributed by atoms with Crippen LogP contribution in [0.2, 0.25) is 0 Å². The standard InChI is InChI=1S/C17H25N3O3/c1-9(2)20-11(4)13(10(3)18-20)6-16(21)19-7-12(8-19)14-5-15(14)17(22)23/h9,12,14-15H,5-8H2,1-4H3,(H,22,23)/t14-,15+/m0/s1. The molecule has 2 aliphatic rings. The summed E-state index contributed by atoms with van der Waals surface area (Å²) in [5.74, 6) is -0.0780. The second kappa shape index (κ2) is 5.65. The van der Waals surface area contributed by atoms with Gasteiger partial charge in [0.15, 0.2) is 0 Å². The zero-order chi connectivity index (χ0) is 16.9. The van der Waals surface area contributed by atoms with Crippen molar-refractivity contribution >= 4 is 11.9 Å². The molecule has 1 saturated carbocycles. The molecule has 0 spiro atoms. The lowest BCUT2D eigenvalue weighted by molar-refractivity contribution is -0.140. The molecule has 6 nitrogen and oxygen atoms in total. The Morgan fingerprint density at radius 3 is 2.43 bits per heavy atom. The minimum atomic E-state index is -0.688. The summed E-state index contributed by atoms with van der Waals surface area (Å²) in [6, 6.07) is 0.286. The van der Waals surface area contributed by atoms with Gasteiger partial charge in [-0.15, -0.1) is 0 Å². The molecule has 0 bridgehead atoms. The van der Waals surface area contributed by atoms with Crippen molar-refractivity contribution in [1.82, 2.24) is 14.7 Å². The van der Waals surface area contributed by atoms with Gasteiger partial charge in [0.1, 0.15) is 0 Å². The van der Waals surface area contributed by atoms with Crippen molar-refractivity contribution in [1.29, 1.82) is 0 Å². The number of carboxylic acids is 1. The van der Waals surface area contributed by atoms with Crippen LogP contribution in [-0.4, -0.2) is 44.8 Å². The van der Waals surface area contributed by atoms with E-state index in [2.05, 4.69) is 18.9 Å². The SMILES string of the molecule is Cc1nn(C(C)C)c(C)c1CC(=O)N1CC([C@@H]2C[C@H]2C(=O)O)C1. The number of likely N-dealkylation sites (tertiary alicyclic amines) is 1. The van der Waals surface area contributed by atoms with Gasteiger partial charge in [-0.1, -0.05) is 0 Å².